The number of nitrogens with zero attached hydrogens (tertiary/aromatic N) is 4. The third-order valence-electron chi connectivity index (χ3n) is 1.65. The maximum absolute atomic E-state index is 4.04. The minimum Gasteiger partial charge on any atom is -0.357 e. The Labute approximate surface area is 72.4 Å². The second-order valence-electron chi connectivity index (χ2n) is 2.99. The molecule has 0 aliphatic carbocycles. The van der Waals surface area contributed by atoms with Crippen LogP contribution in [0.15, 0.2) is 0 Å². The van der Waals surface area contributed by atoms with Crippen LogP contribution in [0.5, 0.6) is 0 Å². The Kier molecular flexibility index (Phi) is 2.65. The van der Waals surface area contributed by atoms with Gasteiger partial charge in [-0.25, -0.2) is 0 Å². The van der Waals surface area contributed by atoms with Crippen molar-refractivity contribution >= 4 is 5.95 Å². The summed E-state index contributed by atoms with van der Waals surface area (Å²) in [6.45, 7) is 0.811. The highest BCUT2D eigenvalue weighted by Crippen LogP contribution is 2.04. The van der Waals surface area contributed by atoms with Crippen molar-refractivity contribution in [1.29, 1.82) is 0 Å². The van der Waals surface area contributed by atoms with Crippen LogP contribution in [0, 0.1) is 0 Å². The Morgan fingerprint density at radius 2 is 2.08 bits per heavy atom. The van der Waals surface area contributed by atoms with Crippen molar-refractivity contribution in [1.82, 2.24) is 19.7 Å². The summed E-state index contributed by atoms with van der Waals surface area (Å²) in [6.07, 6.45) is 0. The molecule has 0 saturated carbocycles. The smallest absolute Gasteiger partial charge is 0.224 e. The zero-order chi connectivity index (χ0) is 9.14. The maximum Gasteiger partial charge on any atom is 0.224 e. The molecule has 1 aromatic heterocycles. The topological polar surface area (TPSA) is 46.0 Å². The lowest BCUT2D eigenvalue weighted by atomic mass is 10.5. The van der Waals surface area contributed by atoms with Crippen LogP contribution >= 0.6 is 0 Å². The zero-order valence-corrected chi connectivity index (χ0v) is 8.00. The van der Waals surface area contributed by atoms with Crippen molar-refractivity contribution in [3.63, 3.8) is 0 Å². The van der Waals surface area contributed by atoms with Crippen LogP contribution in [0.2, 0.25) is 0 Å². The third kappa shape index (κ3) is 1.73. The van der Waals surface area contributed by atoms with E-state index in [1.807, 2.05) is 32.8 Å². The summed E-state index contributed by atoms with van der Waals surface area (Å²) in [5.41, 5.74) is 0. The van der Waals surface area contributed by atoms with Crippen molar-refractivity contribution < 1.29 is 0 Å². The van der Waals surface area contributed by atoms with E-state index in [-0.39, 0.29) is 0 Å². The standard InChI is InChI=1S/C7H15N5/c1-8-7-10-9-6(12(7)4)5-11(2)3/h5H2,1-4H3,(H,8,10). The lowest BCUT2D eigenvalue weighted by molar-refractivity contribution is 0.384. The molecule has 1 heterocycles. The molecule has 5 nitrogen and oxygen atoms in total. The molecule has 0 fully saturated rings. The van der Waals surface area contributed by atoms with Crippen LogP contribution in [-0.2, 0) is 13.6 Å². The largest absolute Gasteiger partial charge is 0.357 e. The molecular formula is C7H15N5. The minimum absolute atomic E-state index is 0.798. The molecule has 68 valence electrons. The van der Waals surface area contributed by atoms with Gasteiger partial charge >= 0.3 is 0 Å². The van der Waals surface area contributed by atoms with Gasteiger partial charge in [-0.3, -0.25) is 4.57 Å². The van der Waals surface area contributed by atoms with E-state index in [1.165, 1.54) is 0 Å². The lowest BCUT2D eigenvalue weighted by Crippen LogP contribution is -2.14. The van der Waals surface area contributed by atoms with E-state index in [4.69, 9.17) is 0 Å². The molecule has 0 aliphatic rings. The van der Waals surface area contributed by atoms with E-state index in [0.29, 0.717) is 0 Å². The Hall–Kier alpha value is -1.10. The summed E-state index contributed by atoms with van der Waals surface area (Å²) in [4.78, 5) is 2.06. The van der Waals surface area contributed by atoms with Crippen molar-refractivity contribution in [2.45, 2.75) is 6.54 Å². The predicted octanol–water partition coefficient (Wildman–Crippen LogP) is -0.0816. The van der Waals surface area contributed by atoms with E-state index in [9.17, 15) is 0 Å². The van der Waals surface area contributed by atoms with Crippen LogP contribution < -0.4 is 5.32 Å². The van der Waals surface area contributed by atoms with Gasteiger partial charge in [-0.15, -0.1) is 10.2 Å². The lowest BCUT2D eigenvalue weighted by Gasteiger charge is -2.08. The van der Waals surface area contributed by atoms with E-state index in [0.717, 1.165) is 18.3 Å². The first-order chi connectivity index (χ1) is 5.65. The van der Waals surface area contributed by atoms with Crippen molar-refractivity contribution in [2.24, 2.45) is 7.05 Å². The molecule has 5 heteroatoms. The normalized spacial score (nSPS) is 10.8. The van der Waals surface area contributed by atoms with E-state index in [1.54, 1.807) is 0 Å². The first-order valence-electron chi connectivity index (χ1n) is 3.86. The second-order valence-corrected chi connectivity index (χ2v) is 2.99. The summed E-state index contributed by atoms with van der Waals surface area (Å²) in [5, 5.41) is 11.0. The fourth-order valence-electron chi connectivity index (χ4n) is 1.000. The van der Waals surface area contributed by atoms with Gasteiger partial charge in [0, 0.05) is 14.1 Å². The average molecular weight is 169 g/mol. The van der Waals surface area contributed by atoms with Gasteiger partial charge < -0.3 is 10.2 Å². The summed E-state index contributed by atoms with van der Waals surface area (Å²) < 4.78 is 1.94. The number of anilines is 1. The predicted molar refractivity (Wildman–Crippen MR) is 47.9 cm³/mol. The van der Waals surface area contributed by atoms with E-state index >= 15 is 0 Å². The van der Waals surface area contributed by atoms with Gasteiger partial charge in [-0.05, 0) is 14.1 Å². The Morgan fingerprint density at radius 1 is 1.42 bits per heavy atom. The summed E-state index contributed by atoms with van der Waals surface area (Å²) in [5.74, 6) is 1.76. The van der Waals surface area contributed by atoms with E-state index < -0.39 is 0 Å². The Bertz CT molecular complexity index is 252. The highest BCUT2D eigenvalue weighted by molar-refractivity contribution is 5.23. The molecule has 0 atom stereocenters. The van der Waals surface area contributed by atoms with Crippen LogP contribution in [0.1, 0.15) is 5.82 Å². The van der Waals surface area contributed by atoms with Crippen LogP contribution in [0.4, 0.5) is 5.95 Å². The van der Waals surface area contributed by atoms with Gasteiger partial charge in [0.1, 0.15) is 5.82 Å². The monoisotopic (exact) mass is 169 g/mol. The van der Waals surface area contributed by atoms with Gasteiger partial charge in [0.15, 0.2) is 0 Å². The zero-order valence-electron chi connectivity index (χ0n) is 8.00. The molecule has 12 heavy (non-hydrogen) atoms. The Balaban J connectivity index is 2.80. The van der Waals surface area contributed by atoms with Gasteiger partial charge in [0.2, 0.25) is 5.95 Å². The van der Waals surface area contributed by atoms with Gasteiger partial charge in [-0.2, -0.15) is 0 Å². The number of nitrogens with one attached hydrogen (secondary N) is 1. The van der Waals surface area contributed by atoms with Gasteiger partial charge in [0.25, 0.3) is 0 Å². The molecule has 1 aromatic rings. The quantitative estimate of drug-likeness (QED) is 0.687. The highest BCUT2D eigenvalue weighted by Gasteiger charge is 2.06. The molecule has 0 unspecified atom stereocenters. The van der Waals surface area contributed by atoms with E-state index in [2.05, 4.69) is 20.4 Å². The Morgan fingerprint density at radius 3 is 2.50 bits per heavy atom. The highest BCUT2D eigenvalue weighted by atomic mass is 15.3. The molecule has 1 N–H and O–H groups in total. The summed E-state index contributed by atoms with van der Waals surface area (Å²) >= 11 is 0. The van der Waals surface area contributed by atoms with Crippen molar-refractivity contribution in [2.75, 3.05) is 26.5 Å². The first kappa shape index (κ1) is 8.99. The molecular weight excluding hydrogens is 154 g/mol. The number of aromatic nitrogens is 3. The summed E-state index contributed by atoms with van der Waals surface area (Å²) in [6, 6.07) is 0. The molecule has 0 aliphatic heterocycles. The molecule has 0 saturated heterocycles. The van der Waals surface area contributed by atoms with Crippen LogP contribution in [-0.4, -0.2) is 40.8 Å². The first-order valence-corrected chi connectivity index (χ1v) is 3.86. The van der Waals surface area contributed by atoms with Gasteiger partial charge in [-0.1, -0.05) is 0 Å². The molecule has 1 rings (SSSR count). The number of hydrogen-bond acceptors (Lipinski definition) is 4. The fourth-order valence-corrected chi connectivity index (χ4v) is 1.000. The maximum atomic E-state index is 4.04. The van der Waals surface area contributed by atoms with Crippen LogP contribution in [0.25, 0.3) is 0 Å². The van der Waals surface area contributed by atoms with Crippen LogP contribution in [0.3, 0.4) is 0 Å². The van der Waals surface area contributed by atoms with Crippen molar-refractivity contribution in [3.8, 4) is 0 Å². The molecule has 0 bridgehead atoms. The van der Waals surface area contributed by atoms with Gasteiger partial charge in [0.05, 0.1) is 6.54 Å². The summed E-state index contributed by atoms with van der Waals surface area (Å²) in [7, 11) is 7.80. The van der Waals surface area contributed by atoms with Crippen molar-refractivity contribution in [3.05, 3.63) is 5.82 Å². The second kappa shape index (κ2) is 3.53. The molecule has 0 radical (unpaired) electrons. The molecule has 0 amide bonds. The fraction of sp³-hybridized carbons (Fsp3) is 0.714. The minimum atomic E-state index is 0.798. The number of rotatable bonds is 3. The molecule has 0 spiro atoms. The average Bonchev–Trinajstić information content (AvgIpc) is 2.32. The SMILES string of the molecule is CNc1nnc(CN(C)C)n1C. The molecule has 0 aromatic carbocycles. The third-order valence-corrected chi connectivity index (χ3v) is 1.65. The number of hydrogen-bond donors (Lipinski definition) is 1.